The van der Waals surface area contributed by atoms with Gasteiger partial charge in [-0.3, -0.25) is 4.79 Å². The molecular formula is C12H18N2O. The number of para-hydroxylation sites is 1. The third-order valence-electron chi connectivity index (χ3n) is 2.35. The fraction of sp³-hybridized carbons (Fsp3) is 0.417. The van der Waals surface area contributed by atoms with Crippen LogP contribution in [0.25, 0.3) is 0 Å². The van der Waals surface area contributed by atoms with Gasteiger partial charge in [-0.2, -0.15) is 0 Å². The Balaban J connectivity index is 2.62. The van der Waals surface area contributed by atoms with Gasteiger partial charge < -0.3 is 10.6 Å². The summed E-state index contributed by atoms with van der Waals surface area (Å²) in [5, 5.41) is 0. The van der Waals surface area contributed by atoms with Crippen molar-refractivity contribution < 1.29 is 4.79 Å². The molecule has 0 aliphatic heterocycles. The van der Waals surface area contributed by atoms with Crippen LogP contribution in [0.2, 0.25) is 0 Å². The maximum Gasteiger partial charge on any atom is 0.222 e. The van der Waals surface area contributed by atoms with Crippen molar-refractivity contribution in [2.75, 3.05) is 12.8 Å². The topological polar surface area (TPSA) is 46.3 Å². The summed E-state index contributed by atoms with van der Waals surface area (Å²) in [5.41, 5.74) is 7.55. The number of rotatable bonds is 4. The van der Waals surface area contributed by atoms with Crippen LogP contribution in [0.1, 0.15) is 25.3 Å². The fourth-order valence-electron chi connectivity index (χ4n) is 1.43. The lowest BCUT2D eigenvalue weighted by Gasteiger charge is -2.17. The molecule has 0 bridgehead atoms. The number of benzene rings is 1. The third kappa shape index (κ3) is 3.27. The number of nitrogen functional groups attached to an aromatic ring is 1. The Kier molecular flexibility index (Phi) is 4.16. The predicted octanol–water partition coefficient (Wildman–Crippen LogP) is 2.03. The first-order valence-corrected chi connectivity index (χ1v) is 5.22. The standard InChI is InChI=1S/C12H18N2O/c1-3-6-12(15)14(2)9-10-7-4-5-8-11(10)13/h4-5,7-8H,3,6,9,13H2,1-2H3. The van der Waals surface area contributed by atoms with E-state index in [0.717, 1.165) is 17.7 Å². The quantitative estimate of drug-likeness (QED) is 0.766. The molecule has 0 unspecified atom stereocenters. The van der Waals surface area contributed by atoms with E-state index in [0.29, 0.717) is 13.0 Å². The first kappa shape index (κ1) is 11.6. The molecule has 3 nitrogen and oxygen atoms in total. The minimum Gasteiger partial charge on any atom is -0.398 e. The molecule has 15 heavy (non-hydrogen) atoms. The minimum absolute atomic E-state index is 0.167. The van der Waals surface area contributed by atoms with E-state index in [1.807, 2.05) is 38.2 Å². The van der Waals surface area contributed by atoms with E-state index >= 15 is 0 Å². The molecule has 0 aliphatic carbocycles. The predicted molar refractivity (Wildman–Crippen MR) is 62.2 cm³/mol. The van der Waals surface area contributed by atoms with Gasteiger partial charge in [0.25, 0.3) is 0 Å². The van der Waals surface area contributed by atoms with E-state index in [1.54, 1.807) is 4.90 Å². The largest absolute Gasteiger partial charge is 0.398 e. The van der Waals surface area contributed by atoms with Crippen LogP contribution in [0.3, 0.4) is 0 Å². The SMILES string of the molecule is CCCC(=O)N(C)Cc1ccccc1N. The summed E-state index contributed by atoms with van der Waals surface area (Å²) < 4.78 is 0. The Morgan fingerprint density at radius 1 is 1.40 bits per heavy atom. The second-order valence-electron chi connectivity index (χ2n) is 3.70. The molecule has 1 amide bonds. The number of hydrogen-bond donors (Lipinski definition) is 1. The molecule has 0 heterocycles. The van der Waals surface area contributed by atoms with Crippen molar-refractivity contribution in [2.24, 2.45) is 0 Å². The van der Waals surface area contributed by atoms with Gasteiger partial charge in [0.1, 0.15) is 0 Å². The van der Waals surface area contributed by atoms with Crippen LogP contribution in [0.15, 0.2) is 24.3 Å². The first-order valence-electron chi connectivity index (χ1n) is 5.22. The molecule has 1 aromatic rings. The van der Waals surface area contributed by atoms with E-state index in [1.165, 1.54) is 0 Å². The van der Waals surface area contributed by atoms with Gasteiger partial charge in [0.05, 0.1) is 0 Å². The van der Waals surface area contributed by atoms with E-state index in [2.05, 4.69) is 0 Å². The molecule has 0 aliphatic rings. The Hall–Kier alpha value is -1.51. The number of nitrogens with zero attached hydrogens (tertiary/aromatic N) is 1. The Morgan fingerprint density at radius 3 is 2.67 bits per heavy atom. The second kappa shape index (κ2) is 5.39. The summed E-state index contributed by atoms with van der Waals surface area (Å²) in [6.45, 7) is 2.59. The van der Waals surface area contributed by atoms with Crippen LogP contribution in [0.4, 0.5) is 5.69 Å². The Morgan fingerprint density at radius 2 is 2.07 bits per heavy atom. The van der Waals surface area contributed by atoms with E-state index in [4.69, 9.17) is 5.73 Å². The average molecular weight is 206 g/mol. The lowest BCUT2D eigenvalue weighted by molar-refractivity contribution is -0.130. The van der Waals surface area contributed by atoms with Crippen LogP contribution < -0.4 is 5.73 Å². The molecule has 0 saturated heterocycles. The highest BCUT2D eigenvalue weighted by Crippen LogP contribution is 2.13. The fourth-order valence-corrected chi connectivity index (χ4v) is 1.43. The summed E-state index contributed by atoms with van der Waals surface area (Å²) >= 11 is 0. The van der Waals surface area contributed by atoms with E-state index < -0.39 is 0 Å². The molecule has 0 aromatic heterocycles. The number of anilines is 1. The van der Waals surface area contributed by atoms with Crippen molar-refractivity contribution in [1.82, 2.24) is 4.90 Å². The first-order chi connectivity index (χ1) is 7.15. The van der Waals surface area contributed by atoms with Crippen molar-refractivity contribution >= 4 is 11.6 Å². The molecule has 0 atom stereocenters. The number of hydrogen-bond acceptors (Lipinski definition) is 2. The average Bonchev–Trinajstić information content (AvgIpc) is 2.21. The highest BCUT2D eigenvalue weighted by molar-refractivity contribution is 5.76. The molecule has 1 aromatic carbocycles. The monoisotopic (exact) mass is 206 g/mol. The van der Waals surface area contributed by atoms with Crippen molar-refractivity contribution in [1.29, 1.82) is 0 Å². The van der Waals surface area contributed by atoms with Gasteiger partial charge in [-0.1, -0.05) is 25.1 Å². The zero-order valence-corrected chi connectivity index (χ0v) is 9.36. The lowest BCUT2D eigenvalue weighted by Crippen LogP contribution is -2.26. The number of amides is 1. The summed E-state index contributed by atoms with van der Waals surface area (Å²) in [5.74, 6) is 0.167. The highest BCUT2D eigenvalue weighted by atomic mass is 16.2. The third-order valence-corrected chi connectivity index (χ3v) is 2.35. The van der Waals surface area contributed by atoms with Crippen LogP contribution in [0.5, 0.6) is 0 Å². The normalized spacial score (nSPS) is 10.0. The van der Waals surface area contributed by atoms with E-state index in [9.17, 15) is 4.79 Å². The maximum absolute atomic E-state index is 11.5. The van der Waals surface area contributed by atoms with Crippen LogP contribution >= 0.6 is 0 Å². The van der Waals surface area contributed by atoms with Crippen LogP contribution in [-0.2, 0) is 11.3 Å². The van der Waals surface area contributed by atoms with Gasteiger partial charge >= 0.3 is 0 Å². The summed E-state index contributed by atoms with van der Waals surface area (Å²) in [7, 11) is 1.81. The van der Waals surface area contributed by atoms with Crippen molar-refractivity contribution in [3.63, 3.8) is 0 Å². The van der Waals surface area contributed by atoms with E-state index in [-0.39, 0.29) is 5.91 Å². The number of nitrogens with two attached hydrogens (primary N) is 1. The molecule has 0 radical (unpaired) electrons. The van der Waals surface area contributed by atoms with Crippen molar-refractivity contribution in [3.05, 3.63) is 29.8 Å². The van der Waals surface area contributed by atoms with Gasteiger partial charge in [-0.15, -0.1) is 0 Å². The van der Waals surface area contributed by atoms with Gasteiger partial charge in [0.2, 0.25) is 5.91 Å². The lowest BCUT2D eigenvalue weighted by atomic mass is 10.1. The van der Waals surface area contributed by atoms with Gasteiger partial charge in [-0.25, -0.2) is 0 Å². The van der Waals surface area contributed by atoms with Gasteiger partial charge in [-0.05, 0) is 18.1 Å². The van der Waals surface area contributed by atoms with Crippen LogP contribution in [-0.4, -0.2) is 17.9 Å². The zero-order chi connectivity index (χ0) is 11.3. The summed E-state index contributed by atoms with van der Waals surface area (Å²) in [6, 6.07) is 7.63. The molecule has 1 rings (SSSR count). The Bertz CT molecular complexity index is 336. The second-order valence-corrected chi connectivity index (χ2v) is 3.70. The molecule has 0 spiro atoms. The Labute approximate surface area is 90.9 Å². The number of carbonyl (C=O) groups is 1. The minimum atomic E-state index is 0.167. The smallest absolute Gasteiger partial charge is 0.222 e. The molecule has 3 heteroatoms. The van der Waals surface area contributed by atoms with Crippen molar-refractivity contribution in [2.45, 2.75) is 26.3 Å². The van der Waals surface area contributed by atoms with Crippen molar-refractivity contribution in [3.8, 4) is 0 Å². The maximum atomic E-state index is 11.5. The molecule has 2 N–H and O–H groups in total. The molecule has 82 valence electrons. The van der Waals surface area contributed by atoms with Crippen LogP contribution in [0, 0.1) is 0 Å². The van der Waals surface area contributed by atoms with Gasteiger partial charge in [0, 0.05) is 25.7 Å². The summed E-state index contributed by atoms with van der Waals surface area (Å²) in [4.78, 5) is 13.3. The highest BCUT2D eigenvalue weighted by Gasteiger charge is 2.08. The molecular weight excluding hydrogens is 188 g/mol. The zero-order valence-electron chi connectivity index (χ0n) is 9.36. The summed E-state index contributed by atoms with van der Waals surface area (Å²) in [6.07, 6.45) is 1.48. The molecule has 0 fully saturated rings. The number of carbonyl (C=O) groups excluding carboxylic acids is 1. The van der Waals surface area contributed by atoms with Gasteiger partial charge in [0.15, 0.2) is 0 Å². The molecule has 0 saturated carbocycles.